The zero-order valence-electron chi connectivity index (χ0n) is 54.6. The first-order chi connectivity index (χ1) is 51.7. The molecule has 18 aromatic rings. The summed E-state index contributed by atoms with van der Waals surface area (Å²) < 4.78 is 42.4. The van der Waals surface area contributed by atoms with Crippen molar-refractivity contribution in [3.8, 4) is 165 Å². The fourth-order valence-electron chi connectivity index (χ4n) is 15.0. The van der Waals surface area contributed by atoms with Gasteiger partial charge in [-0.15, -0.1) is 68.0 Å². The van der Waals surface area contributed by atoms with Crippen molar-refractivity contribution in [1.29, 1.82) is 0 Å². The number of phenolic OH excluding ortho intramolecular Hbond substituents is 6. The van der Waals surface area contributed by atoms with Crippen molar-refractivity contribution in [2.45, 2.75) is 0 Å². The Morgan fingerprint density at radius 2 is 0.305 bits per heavy atom. The molecule has 0 unspecified atom stereocenters. The lowest BCUT2D eigenvalue weighted by molar-refractivity contribution is 0.398. The number of benzene rings is 12. The Bertz CT molecular complexity index is 5460. The van der Waals surface area contributed by atoms with E-state index in [1.807, 2.05) is 251 Å². The highest BCUT2D eigenvalue weighted by Gasteiger charge is 2.37. The molecule has 21 heteroatoms. The number of hydrogen-bond donors (Lipinski definition) is 6. The van der Waals surface area contributed by atoms with Crippen molar-refractivity contribution in [2.24, 2.45) is 0 Å². The first-order valence-corrected chi connectivity index (χ1v) is 38.3. The van der Waals surface area contributed by atoms with E-state index < -0.39 is 0 Å². The highest BCUT2D eigenvalue weighted by atomic mass is 32.1. The molecule has 0 saturated carbocycles. The highest BCUT2D eigenvalue weighted by Crippen LogP contribution is 2.63. The Morgan fingerprint density at radius 1 is 0.171 bits per heavy atom. The fraction of sp³-hybridized carbons (Fsp3) is 0. The SMILES string of the molecule is Oc1c2c(c3ccccc3c1-c1cccs1)-c1c(c(O)c(-c3cccs3)c3ccccc13)O[B]Oc1c(O)c(-c3cccs3)c3ccccc3c1-c1c(c(O)c(-c3cccs3)c3ccccc13)O[B]Oc1c(O)c(-c3cccs3)c3ccccc3c1-c1c(c(O)c(-c3cccs3)c3ccccc13)O[B]O2. The molecule has 19 rings (SSSR count). The monoisotopic (exact) mass is 1470 g/mol. The molecule has 0 amide bonds. The summed E-state index contributed by atoms with van der Waals surface area (Å²) in [7, 11) is 3.17. The van der Waals surface area contributed by atoms with Crippen LogP contribution in [0.3, 0.4) is 0 Å². The first-order valence-electron chi connectivity index (χ1n) is 33.1. The number of aromatic hydroxyl groups is 6. The third kappa shape index (κ3) is 10.3. The molecule has 0 saturated heterocycles. The second kappa shape index (κ2) is 26.2. The predicted octanol–water partition coefficient (Wildman–Crippen LogP) is 23.5. The van der Waals surface area contributed by atoms with Crippen LogP contribution >= 0.6 is 68.0 Å². The zero-order valence-corrected chi connectivity index (χ0v) is 59.5. The average Bonchev–Trinajstić information content (AvgIpc) is 1.39. The van der Waals surface area contributed by atoms with Gasteiger partial charge in [0.15, 0.2) is 69.0 Å². The van der Waals surface area contributed by atoms with Gasteiger partial charge in [0.1, 0.15) is 0 Å². The molecule has 1 aliphatic rings. The van der Waals surface area contributed by atoms with E-state index in [1.54, 1.807) is 0 Å². The largest absolute Gasteiger partial charge is 0.658 e. The molecule has 0 aliphatic carbocycles. The van der Waals surface area contributed by atoms with Crippen molar-refractivity contribution in [1.82, 2.24) is 0 Å². The summed E-state index contributed by atoms with van der Waals surface area (Å²) in [5.41, 5.74) is 4.10. The topological polar surface area (TPSA) is 177 Å². The van der Waals surface area contributed by atoms with Crippen LogP contribution in [0.15, 0.2) is 251 Å². The molecule has 0 fully saturated rings. The van der Waals surface area contributed by atoms with Crippen LogP contribution in [-0.4, -0.2) is 53.7 Å². The molecule has 12 nitrogen and oxygen atoms in total. The maximum Gasteiger partial charge on any atom is 0.658 e. The number of fused-ring (bicyclic) bond motifs is 21. The number of phenols is 6. The minimum atomic E-state index is -0.307. The van der Waals surface area contributed by atoms with Gasteiger partial charge in [0, 0.05) is 96.0 Å². The standard InChI is InChI=1S/C84H48B3O12S6/c88-73-61(55-31-13-37-100-55)43-19-1-7-25-49(43)67-68-50-26-8-2-20-44(50)62(56-32-14-38-101-56)74(89)80(68)95-86-97-82-71(53-29-11-5-23-47(53)64(76(82)91)58-34-16-40-103-58)72-54-30-12-6-24-48(54)66(60-36-18-42-105-60)78(93)84(72)99-87-98-83-70(52-28-10-4-22-46(52)65(77(83)92)59-35-17-41-104-59)69-51-27-9-3-21-45(51)63(57-33-15-39-102-57)75(90)81(69)96-85-94-79(67)73/h1-42,88-93H. The molecular weight excluding hydrogens is 1430 g/mol. The minimum Gasteiger partial charge on any atom is -0.523 e. The van der Waals surface area contributed by atoms with Gasteiger partial charge in [-0.1, -0.05) is 182 Å². The van der Waals surface area contributed by atoms with Gasteiger partial charge in [0.05, 0.1) is 0 Å². The van der Waals surface area contributed by atoms with Crippen LogP contribution in [0.25, 0.3) is 161 Å². The Labute approximate surface area is 625 Å². The van der Waals surface area contributed by atoms with E-state index in [9.17, 15) is 30.6 Å². The van der Waals surface area contributed by atoms with Gasteiger partial charge in [0.25, 0.3) is 0 Å². The summed E-state index contributed by atoms with van der Waals surface area (Å²) in [5.74, 6) is -2.67. The zero-order chi connectivity index (χ0) is 70.6. The summed E-state index contributed by atoms with van der Waals surface area (Å²) in [4.78, 5) is 4.23. The number of rotatable bonds is 6. The molecule has 0 bridgehead atoms. The molecule has 7 heterocycles. The predicted molar refractivity (Wildman–Crippen MR) is 432 cm³/mol. The van der Waals surface area contributed by atoms with Crippen LogP contribution in [0.2, 0.25) is 0 Å². The molecule has 3 radical (unpaired) electrons. The Morgan fingerprint density at radius 3 is 0.429 bits per heavy atom. The van der Waals surface area contributed by atoms with E-state index in [4.69, 9.17) is 27.9 Å². The lowest BCUT2D eigenvalue weighted by Crippen LogP contribution is -2.15. The third-order valence-corrected chi connectivity index (χ3v) is 24.5. The minimum absolute atomic E-state index is 0.137. The smallest absolute Gasteiger partial charge is 0.523 e. The van der Waals surface area contributed by atoms with Crippen LogP contribution in [0.5, 0.6) is 69.0 Å². The molecule has 6 aromatic heterocycles. The van der Waals surface area contributed by atoms with Crippen molar-refractivity contribution >= 4 is 156 Å². The lowest BCUT2D eigenvalue weighted by atomic mass is 9.86. The van der Waals surface area contributed by atoms with Crippen LogP contribution < -0.4 is 27.9 Å². The molecule has 501 valence electrons. The second-order valence-electron chi connectivity index (χ2n) is 24.7. The van der Waals surface area contributed by atoms with Gasteiger partial charge in [-0.2, -0.15) is 0 Å². The van der Waals surface area contributed by atoms with Crippen molar-refractivity contribution in [3.63, 3.8) is 0 Å². The van der Waals surface area contributed by atoms with E-state index in [0.29, 0.717) is 127 Å². The summed E-state index contributed by atoms with van der Waals surface area (Å²) >= 11 is 8.52. The van der Waals surface area contributed by atoms with E-state index in [2.05, 4.69) is 0 Å². The van der Waals surface area contributed by atoms with E-state index in [-0.39, 0.29) is 102 Å². The molecule has 0 atom stereocenters. The van der Waals surface area contributed by atoms with Crippen LogP contribution in [0.1, 0.15) is 0 Å². The van der Waals surface area contributed by atoms with Crippen molar-refractivity contribution < 1.29 is 58.6 Å². The quantitative estimate of drug-likeness (QED) is 0.0870. The van der Waals surface area contributed by atoms with E-state index in [1.165, 1.54) is 68.0 Å². The third-order valence-electron chi connectivity index (χ3n) is 19.2. The molecule has 0 spiro atoms. The van der Waals surface area contributed by atoms with E-state index in [0.717, 1.165) is 23.1 Å². The number of hydrogen-bond acceptors (Lipinski definition) is 18. The van der Waals surface area contributed by atoms with E-state index >= 15 is 0 Å². The Hall–Kier alpha value is -11.8. The Balaban J connectivity index is 0.963. The second-order valence-corrected chi connectivity index (χ2v) is 30.4. The van der Waals surface area contributed by atoms with Gasteiger partial charge in [0.2, 0.25) is 0 Å². The number of thiophene rings is 6. The Kier molecular flexibility index (Phi) is 16.0. The van der Waals surface area contributed by atoms with Gasteiger partial charge < -0.3 is 58.6 Å². The van der Waals surface area contributed by atoms with Gasteiger partial charge >= 0.3 is 23.1 Å². The first kappa shape index (κ1) is 64.1. The summed E-state index contributed by atoms with van der Waals surface area (Å²) in [5, 5.41) is 99.9. The summed E-state index contributed by atoms with van der Waals surface area (Å²) in [6.45, 7) is 0. The lowest BCUT2D eigenvalue weighted by Gasteiger charge is -2.25. The maximum absolute atomic E-state index is 13.6. The fourth-order valence-corrected chi connectivity index (χ4v) is 19.7. The van der Waals surface area contributed by atoms with Crippen molar-refractivity contribution in [2.75, 3.05) is 0 Å². The molecule has 105 heavy (non-hydrogen) atoms. The normalized spacial score (nSPS) is 12.3. The van der Waals surface area contributed by atoms with Gasteiger partial charge in [-0.25, -0.2) is 0 Å². The maximum atomic E-state index is 13.6. The average molecular weight is 1470 g/mol. The van der Waals surface area contributed by atoms with Gasteiger partial charge in [-0.3, -0.25) is 0 Å². The van der Waals surface area contributed by atoms with Crippen LogP contribution in [0, 0.1) is 0 Å². The van der Waals surface area contributed by atoms with Crippen LogP contribution in [-0.2, 0) is 0 Å². The molecular formula is C84H48B3O12S6. The highest BCUT2D eigenvalue weighted by molar-refractivity contribution is 7.15. The summed E-state index contributed by atoms with van der Waals surface area (Å²) in [6, 6.07) is 68.4. The molecule has 12 aromatic carbocycles. The van der Waals surface area contributed by atoms with Gasteiger partial charge in [-0.05, 0) is 133 Å². The summed E-state index contributed by atoms with van der Waals surface area (Å²) in [6.07, 6.45) is 0. The van der Waals surface area contributed by atoms with Crippen LogP contribution in [0.4, 0.5) is 0 Å². The molecule has 1 aliphatic heterocycles. The van der Waals surface area contributed by atoms with Crippen molar-refractivity contribution in [3.05, 3.63) is 251 Å². The molecule has 6 N–H and O–H groups in total.